The third-order valence-corrected chi connectivity index (χ3v) is 5.14. The summed E-state index contributed by atoms with van der Waals surface area (Å²) < 4.78 is 28.7. The predicted molar refractivity (Wildman–Crippen MR) is 131 cm³/mol. The van der Waals surface area contributed by atoms with Gasteiger partial charge in [-0.3, -0.25) is 14.3 Å². The number of para-hydroxylation sites is 1. The van der Waals surface area contributed by atoms with Crippen molar-refractivity contribution in [2.45, 2.75) is 78.6 Å². The van der Waals surface area contributed by atoms with E-state index in [0.717, 1.165) is 63.4 Å². The Morgan fingerprint density at radius 1 is 1.16 bits per heavy atom. The van der Waals surface area contributed by atoms with E-state index in [0.29, 0.717) is 24.7 Å². The first kappa shape index (κ1) is 29.9. The summed E-state index contributed by atoms with van der Waals surface area (Å²) in [6.45, 7) is 6.78. The number of carbonyl (C=O) groups excluding carboxylic acids is 2. The van der Waals surface area contributed by atoms with E-state index in [9.17, 15) is 18.0 Å². The highest BCUT2D eigenvalue weighted by Crippen LogP contribution is 2.23. The third-order valence-electron chi connectivity index (χ3n) is 4.55. The molecule has 0 spiro atoms. The predicted octanol–water partition coefficient (Wildman–Crippen LogP) is 5.44. The molecule has 182 valence electrons. The molecule has 6 nitrogen and oxygen atoms in total. The van der Waals surface area contributed by atoms with Gasteiger partial charge >= 0.3 is 0 Å². The van der Waals surface area contributed by atoms with E-state index in [2.05, 4.69) is 19.1 Å². The molecule has 0 heterocycles. The molecule has 0 aromatic heterocycles. The van der Waals surface area contributed by atoms with E-state index < -0.39 is 15.9 Å². The first-order chi connectivity index (χ1) is 15.3. The number of ether oxygens (including phenoxy) is 1. The van der Waals surface area contributed by atoms with Crippen molar-refractivity contribution in [3.8, 4) is 5.75 Å². The van der Waals surface area contributed by atoms with E-state index in [-0.39, 0.29) is 0 Å². The number of ketones is 1. The third kappa shape index (κ3) is 17.5. The van der Waals surface area contributed by atoms with Gasteiger partial charge in [-0.05, 0) is 37.3 Å². The molecule has 1 fully saturated rings. The Bertz CT molecular complexity index is 760. The van der Waals surface area contributed by atoms with Crippen molar-refractivity contribution in [2.24, 2.45) is 5.92 Å². The normalized spacial score (nSPS) is 15.4. The first-order valence-electron chi connectivity index (χ1n) is 11.7. The van der Waals surface area contributed by atoms with E-state index >= 15 is 0 Å². The molecule has 1 aromatic rings. The minimum Gasteiger partial charge on any atom is -0.493 e. The lowest BCUT2D eigenvalue weighted by Gasteiger charge is -2.03. The topological polar surface area (TPSA) is 89.5 Å². The zero-order valence-corrected chi connectivity index (χ0v) is 21.0. The molecule has 1 atom stereocenters. The Morgan fingerprint density at radius 3 is 2.41 bits per heavy atom. The van der Waals surface area contributed by atoms with Crippen LogP contribution in [0.4, 0.5) is 0 Å². The van der Waals surface area contributed by atoms with Gasteiger partial charge in [-0.2, -0.15) is 0 Å². The standard InChI is InChI=1S/C15H18O2.C8H17NO3S.C2H6/c16-14-10-9-13(12-14)6-4-5-11-17-15-7-2-1-3-8-15;1-3-4-5-6-7-8(10)9-13(2,11)12;1-2/h1-4,6-8,13H,5,9-12H2;3-7H2,1-2H3,(H,9,10);1-2H3/b6-4+;;. The zero-order valence-electron chi connectivity index (χ0n) is 20.1. The van der Waals surface area contributed by atoms with Crippen LogP contribution < -0.4 is 9.46 Å². The maximum absolute atomic E-state index is 11.1. The Balaban J connectivity index is 0.000000578. The molecule has 1 aliphatic carbocycles. The van der Waals surface area contributed by atoms with Crippen molar-refractivity contribution in [3.63, 3.8) is 0 Å². The summed E-state index contributed by atoms with van der Waals surface area (Å²) in [7, 11) is -3.37. The van der Waals surface area contributed by atoms with E-state index in [1.807, 2.05) is 48.9 Å². The Labute approximate surface area is 194 Å². The van der Waals surface area contributed by atoms with Gasteiger partial charge in [0.2, 0.25) is 15.9 Å². The number of amides is 1. The average Bonchev–Trinajstić information content (AvgIpc) is 3.17. The highest BCUT2D eigenvalue weighted by Gasteiger charge is 2.18. The molecule has 1 N–H and O–H groups in total. The minimum atomic E-state index is -3.37. The summed E-state index contributed by atoms with van der Waals surface area (Å²) >= 11 is 0. The van der Waals surface area contributed by atoms with Crippen LogP contribution in [0.15, 0.2) is 42.5 Å². The summed E-state index contributed by atoms with van der Waals surface area (Å²) in [5.74, 6) is 1.38. The number of rotatable bonds is 11. The quantitative estimate of drug-likeness (QED) is 0.346. The molecule has 1 unspecified atom stereocenters. The minimum absolute atomic E-state index is 0.299. The molecule has 32 heavy (non-hydrogen) atoms. The highest BCUT2D eigenvalue weighted by atomic mass is 32.2. The summed E-state index contributed by atoms with van der Waals surface area (Å²) in [5, 5.41) is 0. The van der Waals surface area contributed by atoms with Gasteiger partial charge in [0.05, 0.1) is 12.9 Å². The van der Waals surface area contributed by atoms with Gasteiger partial charge in [0.1, 0.15) is 11.5 Å². The average molecular weight is 468 g/mol. The van der Waals surface area contributed by atoms with Gasteiger partial charge in [-0.15, -0.1) is 0 Å². The zero-order chi connectivity index (χ0) is 24.2. The van der Waals surface area contributed by atoms with Crippen molar-refractivity contribution in [3.05, 3.63) is 42.5 Å². The SMILES string of the molecule is CC.CCCCCCC(=O)NS(C)(=O)=O.O=C1CCC(/C=C/CCOc2ccccc2)C1. The number of hydrogen-bond donors (Lipinski definition) is 1. The second kappa shape index (κ2) is 18.4. The molecule has 1 amide bonds. The van der Waals surface area contributed by atoms with Crippen LogP contribution in [0.2, 0.25) is 0 Å². The number of sulfonamides is 1. The van der Waals surface area contributed by atoms with Crippen LogP contribution in [0, 0.1) is 5.92 Å². The van der Waals surface area contributed by atoms with Gasteiger partial charge in [0, 0.05) is 19.3 Å². The summed E-state index contributed by atoms with van der Waals surface area (Å²) in [6.07, 6.45) is 12.9. The molecular weight excluding hydrogens is 426 g/mol. The molecule has 1 aliphatic rings. The van der Waals surface area contributed by atoms with Gasteiger partial charge in [-0.25, -0.2) is 8.42 Å². The van der Waals surface area contributed by atoms with Crippen LogP contribution in [-0.4, -0.2) is 33.0 Å². The van der Waals surface area contributed by atoms with E-state index in [1.165, 1.54) is 0 Å². The van der Waals surface area contributed by atoms with E-state index in [1.54, 1.807) is 0 Å². The van der Waals surface area contributed by atoms with Crippen molar-refractivity contribution in [1.82, 2.24) is 4.72 Å². The van der Waals surface area contributed by atoms with Crippen LogP contribution in [0.25, 0.3) is 0 Å². The number of benzene rings is 1. The summed E-state index contributed by atoms with van der Waals surface area (Å²) in [6, 6.07) is 9.83. The molecule has 0 bridgehead atoms. The van der Waals surface area contributed by atoms with Crippen LogP contribution in [0.5, 0.6) is 5.75 Å². The fraction of sp³-hybridized carbons (Fsp3) is 0.600. The summed E-state index contributed by atoms with van der Waals surface area (Å²) in [5.41, 5.74) is 0. The van der Waals surface area contributed by atoms with Gasteiger partial charge in [-0.1, -0.05) is 70.4 Å². The van der Waals surface area contributed by atoms with Crippen molar-refractivity contribution in [2.75, 3.05) is 12.9 Å². The lowest BCUT2D eigenvalue weighted by atomic mass is 10.1. The number of nitrogens with one attached hydrogen (secondary N) is 1. The maximum Gasteiger partial charge on any atom is 0.233 e. The lowest BCUT2D eigenvalue weighted by Crippen LogP contribution is -2.28. The molecule has 2 rings (SSSR count). The van der Waals surface area contributed by atoms with Crippen molar-refractivity contribution in [1.29, 1.82) is 0 Å². The number of unbranched alkanes of at least 4 members (excludes halogenated alkanes) is 3. The van der Waals surface area contributed by atoms with Gasteiger partial charge < -0.3 is 4.74 Å². The monoisotopic (exact) mass is 467 g/mol. The highest BCUT2D eigenvalue weighted by molar-refractivity contribution is 7.89. The first-order valence-corrected chi connectivity index (χ1v) is 13.6. The smallest absolute Gasteiger partial charge is 0.233 e. The van der Waals surface area contributed by atoms with Gasteiger partial charge in [0.15, 0.2) is 0 Å². The molecule has 1 aromatic carbocycles. The number of allylic oxidation sites excluding steroid dienone is 1. The second-order valence-corrected chi connectivity index (χ2v) is 9.28. The Kier molecular flexibility index (Phi) is 17.2. The van der Waals surface area contributed by atoms with E-state index in [4.69, 9.17) is 4.74 Å². The summed E-state index contributed by atoms with van der Waals surface area (Å²) in [4.78, 5) is 22.0. The van der Waals surface area contributed by atoms with Crippen molar-refractivity contribution < 1.29 is 22.7 Å². The largest absolute Gasteiger partial charge is 0.493 e. The molecular formula is C25H41NO5S. The number of hydrogen-bond acceptors (Lipinski definition) is 5. The van der Waals surface area contributed by atoms with Crippen LogP contribution in [0.1, 0.15) is 78.6 Å². The van der Waals surface area contributed by atoms with Gasteiger partial charge in [0.25, 0.3) is 0 Å². The molecule has 0 saturated heterocycles. The Hall–Kier alpha value is -2.15. The van der Waals surface area contributed by atoms with Crippen LogP contribution >= 0.6 is 0 Å². The van der Waals surface area contributed by atoms with Crippen LogP contribution in [-0.2, 0) is 19.6 Å². The lowest BCUT2D eigenvalue weighted by molar-refractivity contribution is -0.119. The molecule has 1 saturated carbocycles. The number of Topliss-reactive ketones (excluding diaryl/α,β-unsaturated/α-hetero) is 1. The fourth-order valence-corrected chi connectivity index (χ4v) is 3.54. The van der Waals surface area contributed by atoms with Crippen molar-refractivity contribution >= 4 is 21.7 Å². The fourth-order valence-electron chi connectivity index (χ4n) is 3.03. The maximum atomic E-state index is 11.1. The second-order valence-electron chi connectivity index (χ2n) is 7.53. The molecule has 0 radical (unpaired) electrons. The van der Waals surface area contributed by atoms with Crippen LogP contribution in [0.3, 0.4) is 0 Å². The Morgan fingerprint density at radius 2 is 1.84 bits per heavy atom. The number of carbonyl (C=O) groups is 2. The molecule has 7 heteroatoms. The molecule has 0 aliphatic heterocycles.